The number of H-pyrrole nitrogens is 1. The van der Waals surface area contributed by atoms with Crippen molar-refractivity contribution in [2.75, 3.05) is 24.5 Å². The summed E-state index contributed by atoms with van der Waals surface area (Å²) in [5, 5.41) is 20.8. The van der Waals surface area contributed by atoms with E-state index >= 15 is 0 Å². The maximum absolute atomic E-state index is 10.6. The zero-order valence-corrected chi connectivity index (χ0v) is 10.9. The highest BCUT2D eigenvalue weighted by Gasteiger charge is 2.21. The van der Waals surface area contributed by atoms with Gasteiger partial charge in [-0.2, -0.15) is 4.98 Å². The van der Waals surface area contributed by atoms with Gasteiger partial charge < -0.3 is 14.6 Å². The normalized spacial score (nSPS) is 19.2. The molecule has 0 bridgehead atoms. The molecule has 20 heavy (non-hydrogen) atoms. The van der Waals surface area contributed by atoms with Crippen LogP contribution in [0.4, 0.5) is 11.8 Å². The van der Waals surface area contributed by atoms with E-state index in [2.05, 4.69) is 32.3 Å². The van der Waals surface area contributed by atoms with Crippen molar-refractivity contribution >= 4 is 11.8 Å². The summed E-state index contributed by atoms with van der Waals surface area (Å²) < 4.78 is 5.09. The highest BCUT2D eigenvalue weighted by molar-refractivity contribution is 5.51. The molecule has 0 saturated carbocycles. The third-order valence-corrected chi connectivity index (χ3v) is 3.13. The average Bonchev–Trinajstić information content (AvgIpc) is 3.08. The van der Waals surface area contributed by atoms with E-state index < -0.39 is 4.92 Å². The summed E-state index contributed by atoms with van der Waals surface area (Å²) in [5.41, 5.74) is 0. The smallest absolute Gasteiger partial charge is 0.397 e. The number of nitrogens with one attached hydrogen (secondary N) is 2. The van der Waals surface area contributed by atoms with Crippen molar-refractivity contribution in [2.24, 2.45) is 0 Å². The van der Waals surface area contributed by atoms with Gasteiger partial charge in [0, 0.05) is 25.7 Å². The molecule has 0 spiro atoms. The molecule has 2 N–H and O–H groups in total. The lowest BCUT2D eigenvalue weighted by molar-refractivity contribution is -0.401. The first-order valence-electron chi connectivity index (χ1n) is 6.29. The second-order valence-electron chi connectivity index (χ2n) is 4.68. The number of aromatic nitrogens is 3. The Hall–Kier alpha value is -2.42. The quantitative estimate of drug-likeness (QED) is 0.629. The van der Waals surface area contributed by atoms with Gasteiger partial charge in [-0.05, 0) is 13.0 Å². The molecule has 2 aromatic rings. The zero-order chi connectivity index (χ0) is 14.1. The topological polar surface area (TPSA) is 113 Å². The Balaban J connectivity index is 1.80. The van der Waals surface area contributed by atoms with Crippen LogP contribution in [0.2, 0.25) is 0 Å². The minimum absolute atomic E-state index is 0.304. The molecule has 0 radical (unpaired) electrons. The van der Waals surface area contributed by atoms with E-state index in [4.69, 9.17) is 4.42 Å². The van der Waals surface area contributed by atoms with Crippen LogP contribution in [0.1, 0.15) is 6.92 Å². The highest BCUT2D eigenvalue weighted by Crippen LogP contribution is 2.24. The van der Waals surface area contributed by atoms with Crippen LogP contribution in [-0.4, -0.2) is 45.8 Å². The molecule has 1 aliphatic heterocycles. The largest absolute Gasteiger partial charge is 0.433 e. The molecular formula is C11H14N6O3. The Kier molecular flexibility index (Phi) is 3.11. The van der Waals surface area contributed by atoms with E-state index in [-0.39, 0.29) is 5.88 Å². The third kappa shape index (κ3) is 2.35. The van der Waals surface area contributed by atoms with Crippen molar-refractivity contribution in [1.29, 1.82) is 0 Å². The molecule has 0 unspecified atom stereocenters. The first-order chi connectivity index (χ1) is 9.63. The van der Waals surface area contributed by atoms with Crippen molar-refractivity contribution < 1.29 is 9.34 Å². The van der Waals surface area contributed by atoms with Gasteiger partial charge in [0.25, 0.3) is 0 Å². The molecular weight excluding hydrogens is 264 g/mol. The first kappa shape index (κ1) is 12.6. The summed E-state index contributed by atoms with van der Waals surface area (Å²) in [7, 11) is 0. The maximum Gasteiger partial charge on any atom is 0.433 e. The van der Waals surface area contributed by atoms with E-state index in [0.29, 0.717) is 23.6 Å². The van der Waals surface area contributed by atoms with E-state index in [0.717, 1.165) is 19.6 Å². The Morgan fingerprint density at radius 2 is 2.40 bits per heavy atom. The summed E-state index contributed by atoms with van der Waals surface area (Å²) in [6.07, 6.45) is 0. The molecule has 0 aliphatic carbocycles. The molecule has 106 valence electrons. The predicted molar refractivity (Wildman–Crippen MR) is 70.4 cm³/mol. The van der Waals surface area contributed by atoms with Gasteiger partial charge in [0.1, 0.15) is 4.92 Å². The Morgan fingerprint density at radius 1 is 1.55 bits per heavy atom. The van der Waals surface area contributed by atoms with E-state index in [1.165, 1.54) is 12.1 Å². The molecule has 1 saturated heterocycles. The molecule has 2 aromatic heterocycles. The van der Waals surface area contributed by atoms with Crippen LogP contribution in [0.3, 0.4) is 0 Å². The number of hydrogen-bond acceptors (Lipinski definition) is 7. The van der Waals surface area contributed by atoms with Gasteiger partial charge in [-0.25, -0.2) is 0 Å². The zero-order valence-electron chi connectivity index (χ0n) is 10.9. The van der Waals surface area contributed by atoms with Crippen LogP contribution in [0.15, 0.2) is 16.5 Å². The second kappa shape index (κ2) is 4.93. The number of nitrogens with zero attached hydrogens (tertiary/aromatic N) is 4. The van der Waals surface area contributed by atoms with Crippen LogP contribution in [0.5, 0.6) is 0 Å². The fraction of sp³-hybridized carbons (Fsp3) is 0.455. The van der Waals surface area contributed by atoms with Crippen molar-refractivity contribution in [2.45, 2.75) is 13.0 Å². The standard InChI is InChI=1S/C11H14N6O3/c1-7-6-16(5-4-12-7)11-13-10(14-15-11)8-2-3-9(20-8)17(18)19/h2-3,7,12H,4-6H2,1H3,(H,13,14,15)/t7-/m1/s1. The molecule has 1 fully saturated rings. The number of aromatic amines is 1. The van der Waals surface area contributed by atoms with Gasteiger partial charge in [0.15, 0.2) is 11.6 Å². The van der Waals surface area contributed by atoms with Crippen LogP contribution < -0.4 is 10.2 Å². The van der Waals surface area contributed by atoms with Crippen molar-refractivity contribution in [3.8, 4) is 11.6 Å². The Labute approximate surface area is 114 Å². The van der Waals surface area contributed by atoms with Crippen LogP contribution in [-0.2, 0) is 0 Å². The van der Waals surface area contributed by atoms with Crippen molar-refractivity contribution in [3.63, 3.8) is 0 Å². The Bertz CT molecular complexity index is 621. The summed E-state index contributed by atoms with van der Waals surface area (Å²) in [6, 6.07) is 3.17. The molecule has 3 rings (SSSR count). The third-order valence-electron chi connectivity index (χ3n) is 3.13. The number of nitro groups is 1. The highest BCUT2D eigenvalue weighted by atomic mass is 16.6. The molecule has 9 nitrogen and oxygen atoms in total. The van der Waals surface area contributed by atoms with Gasteiger partial charge in [-0.1, -0.05) is 0 Å². The fourth-order valence-electron chi connectivity index (χ4n) is 2.17. The monoisotopic (exact) mass is 278 g/mol. The lowest BCUT2D eigenvalue weighted by atomic mass is 10.2. The summed E-state index contributed by atoms with van der Waals surface area (Å²) in [6.45, 7) is 4.60. The van der Waals surface area contributed by atoms with Gasteiger partial charge in [0.05, 0.1) is 6.07 Å². The van der Waals surface area contributed by atoms with Gasteiger partial charge in [-0.15, -0.1) is 5.10 Å². The molecule has 9 heteroatoms. The van der Waals surface area contributed by atoms with E-state index in [1.807, 2.05) is 0 Å². The number of rotatable bonds is 3. The van der Waals surface area contributed by atoms with Crippen LogP contribution in [0.25, 0.3) is 11.6 Å². The minimum atomic E-state index is -0.585. The Morgan fingerprint density at radius 3 is 3.10 bits per heavy atom. The molecule has 1 aliphatic rings. The second-order valence-corrected chi connectivity index (χ2v) is 4.68. The lowest BCUT2D eigenvalue weighted by Gasteiger charge is -2.30. The number of furan rings is 1. The SMILES string of the molecule is C[C@@H]1CN(c2n[nH]c(-c3ccc([N+](=O)[O-])o3)n2)CCN1. The van der Waals surface area contributed by atoms with E-state index in [1.54, 1.807) is 0 Å². The molecule has 1 atom stereocenters. The van der Waals surface area contributed by atoms with Gasteiger partial charge in [0.2, 0.25) is 5.95 Å². The molecule has 3 heterocycles. The summed E-state index contributed by atoms with van der Waals surface area (Å²) in [5.74, 6) is 0.957. The van der Waals surface area contributed by atoms with Gasteiger partial charge >= 0.3 is 5.88 Å². The van der Waals surface area contributed by atoms with Crippen molar-refractivity contribution in [1.82, 2.24) is 20.5 Å². The maximum atomic E-state index is 10.6. The fourth-order valence-corrected chi connectivity index (χ4v) is 2.17. The number of piperazine rings is 1. The van der Waals surface area contributed by atoms with Crippen LogP contribution >= 0.6 is 0 Å². The predicted octanol–water partition coefficient (Wildman–Crippen LogP) is 0.771. The van der Waals surface area contributed by atoms with Crippen LogP contribution in [0, 0.1) is 10.1 Å². The molecule has 0 amide bonds. The average molecular weight is 278 g/mol. The number of anilines is 1. The summed E-state index contributed by atoms with van der Waals surface area (Å²) >= 11 is 0. The van der Waals surface area contributed by atoms with E-state index in [9.17, 15) is 10.1 Å². The molecule has 0 aromatic carbocycles. The van der Waals surface area contributed by atoms with Gasteiger partial charge in [-0.3, -0.25) is 15.2 Å². The minimum Gasteiger partial charge on any atom is -0.397 e. The first-order valence-corrected chi connectivity index (χ1v) is 6.29. The van der Waals surface area contributed by atoms with Crippen molar-refractivity contribution in [3.05, 3.63) is 22.2 Å². The number of hydrogen-bond donors (Lipinski definition) is 2. The summed E-state index contributed by atoms with van der Waals surface area (Å²) in [4.78, 5) is 16.4. The lowest BCUT2D eigenvalue weighted by Crippen LogP contribution is -2.49.